The van der Waals surface area contributed by atoms with E-state index in [2.05, 4.69) is 4.99 Å². The third kappa shape index (κ3) is 2.02. The first-order valence-corrected chi connectivity index (χ1v) is 8.23. The molecule has 20 heavy (non-hydrogen) atoms. The third-order valence-corrected chi connectivity index (χ3v) is 5.72. The van der Waals surface area contributed by atoms with Gasteiger partial charge in [0, 0.05) is 11.8 Å². The van der Waals surface area contributed by atoms with Crippen molar-refractivity contribution >= 4 is 21.5 Å². The van der Waals surface area contributed by atoms with E-state index in [1.54, 1.807) is 7.11 Å². The van der Waals surface area contributed by atoms with Gasteiger partial charge in [-0.15, -0.1) is 0 Å². The SMILES string of the molecule is COc1cccc(N2C(N)=NCC23CCS(=O)(=O)C3)c1. The molecule has 0 radical (unpaired) electrons. The van der Waals surface area contributed by atoms with E-state index in [1.165, 1.54) is 0 Å². The first-order valence-electron chi connectivity index (χ1n) is 6.40. The molecule has 6 nitrogen and oxygen atoms in total. The molecule has 1 aromatic rings. The lowest BCUT2D eigenvalue weighted by molar-refractivity contribution is 0.414. The van der Waals surface area contributed by atoms with Crippen LogP contribution in [0.3, 0.4) is 0 Å². The van der Waals surface area contributed by atoms with Crippen molar-refractivity contribution in [1.82, 2.24) is 0 Å². The van der Waals surface area contributed by atoms with Gasteiger partial charge >= 0.3 is 0 Å². The molecule has 0 saturated carbocycles. The number of nitrogens with two attached hydrogens (primary N) is 1. The van der Waals surface area contributed by atoms with Crippen LogP contribution in [0.15, 0.2) is 29.3 Å². The Morgan fingerprint density at radius 3 is 2.90 bits per heavy atom. The summed E-state index contributed by atoms with van der Waals surface area (Å²) in [7, 11) is -1.43. The van der Waals surface area contributed by atoms with E-state index in [0.717, 1.165) is 5.69 Å². The molecular weight excluding hydrogens is 278 g/mol. The van der Waals surface area contributed by atoms with Gasteiger partial charge in [-0.25, -0.2) is 8.42 Å². The van der Waals surface area contributed by atoms with Crippen molar-refractivity contribution in [3.05, 3.63) is 24.3 Å². The van der Waals surface area contributed by atoms with Gasteiger partial charge in [-0.3, -0.25) is 4.99 Å². The molecule has 1 fully saturated rings. The number of benzene rings is 1. The van der Waals surface area contributed by atoms with E-state index >= 15 is 0 Å². The van der Waals surface area contributed by atoms with Gasteiger partial charge in [-0.05, 0) is 18.6 Å². The summed E-state index contributed by atoms with van der Waals surface area (Å²) in [4.78, 5) is 6.11. The molecule has 2 aliphatic rings. The normalized spacial score (nSPS) is 27.9. The highest BCUT2D eigenvalue weighted by molar-refractivity contribution is 7.91. The molecule has 2 heterocycles. The van der Waals surface area contributed by atoms with Gasteiger partial charge in [-0.1, -0.05) is 6.07 Å². The minimum Gasteiger partial charge on any atom is -0.497 e. The Hall–Kier alpha value is -1.76. The van der Waals surface area contributed by atoms with Crippen molar-refractivity contribution < 1.29 is 13.2 Å². The maximum Gasteiger partial charge on any atom is 0.196 e. The van der Waals surface area contributed by atoms with E-state index in [4.69, 9.17) is 10.5 Å². The second kappa shape index (κ2) is 4.37. The Morgan fingerprint density at radius 1 is 1.45 bits per heavy atom. The van der Waals surface area contributed by atoms with Crippen molar-refractivity contribution in [2.45, 2.75) is 12.0 Å². The summed E-state index contributed by atoms with van der Waals surface area (Å²) in [6.07, 6.45) is 0.552. The lowest BCUT2D eigenvalue weighted by Gasteiger charge is -2.35. The number of hydrogen-bond acceptors (Lipinski definition) is 6. The molecule has 0 amide bonds. The van der Waals surface area contributed by atoms with Gasteiger partial charge in [0.25, 0.3) is 0 Å². The second-order valence-corrected chi connectivity index (χ2v) is 7.46. The first kappa shape index (κ1) is 13.2. The Labute approximate surface area is 118 Å². The number of hydrogen-bond donors (Lipinski definition) is 1. The van der Waals surface area contributed by atoms with Crippen LogP contribution in [0.2, 0.25) is 0 Å². The van der Waals surface area contributed by atoms with Crippen molar-refractivity contribution in [2.24, 2.45) is 10.7 Å². The average Bonchev–Trinajstić information content (AvgIpc) is 2.90. The Balaban J connectivity index is 2.03. The van der Waals surface area contributed by atoms with Crippen LogP contribution in [-0.4, -0.2) is 45.1 Å². The van der Waals surface area contributed by atoms with Crippen LogP contribution in [0.4, 0.5) is 5.69 Å². The van der Waals surface area contributed by atoms with Crippen LogP contribution < -0.4 is 15.4 Å². The number of sulfone groups is 1. The minimum absolute atomic E-state index is 0.0986. The average molecular weight is 295 g/mol. The molecule has 7 heteroatoms. The van der Waals surface area contributed by atoms with Crippen LogP contribution in [0.1, 0.15) is 6.42 Å². The second-order valence-electron chi connectivity index (χ2n) is 5.28. The van der Waals surface area contributed by atoms with Crippen molar-refractivity contribution in [3.63, 3.8) is 0 Å². The Morgan fingerprint density at radius 2 is 2.25 bits per heavy atom. The lowest BCUT2D eigenvalue weighted by atomic mass is 9.97. The molecule has 2 aliphatic heterocycles. The van der Waals surface area contributed by atoms with Crippen LogP contribution in [0, 0.1) is 0 Å². The molecule has 108 valence electrons. The van der Waals surface area contributed by atoms with E-state index in [9.17, 15) is 8.42 Å². The van der Waals surface area contributed by atoms with Crippen molar-refractivity contribution in [2.75, 3.05) is 30.1 Å². The van der Waals surface area contributed by atoms with E-state index < -0.39 is 15.4 Å². The Bertz CT molecular complexity index is 671. The number of aliphatic imine (C=N–C) groups is 1. The smallest absolute Gasteiger partial charge is 0.196 e. The molecule has 1 unspecified atom stereocenters. The number of nitrogens with zero attached hydrogens (tertiary/aromatic N) is 2. The van der Waals surface area contributed by atoms with Gasteiger partial charge in [0.2, 0.25) is 0 Å². The standard InChI is InChI=1S/C13H17N3O3S/c1-19-11-4-2-3-10(7-11)16-12(14)15-8-13(16)5-6-20(17,18)9-13/h2-4,7H,5-6,8-9H2,1H3,(H2,14,15). The molecule has 0 bridgehead atoms. The maximum absolute atomic E-state index is 11.9. The summed E-state index contributed by atoms with van der Waals surface area (Å²) < 4.78 is 28.9. The van der Waals surface area contributed by atoms with Crippen LogP contribution in [0.5, 0.6) is 5.75 Å². The maximum atomic E-state index is 11.9. The van der Waals surface area contributed by atoms with E-state index in [-0.39, 0.29) is 11.5 Å². The van der Waals surface area contributed by atoms with E-state index in [1.807, 2.05) is 29.2 Å². The fourth-order valence-corrected chi connectivity index (χ4v) is 4.99. The van der Waals surface area contributed by atoms with Gasteiger partial charge in [0.15, 0.2) is 15.8 Å². The zero-order valence-corrected chi connectivity index (χ0v) is 12.1. The van der Waals surface area contributed by atoms with E-state index in [0.29, 0.717) is 24.7 Å². The van der Waals surface area contributed by atoms with Gasteiger partial charge in [0.05, 0.1) is 30.7 Å². The zero-order chi connectivity index (χ0) is 14.4. The highest BCUT2D eigenvalue weighted by Crippen LogP contribution is 2.38. The van der Waals surface area contributed by atoms with Crippen molar-refractivity contribution in [3.8, 4) is 5.75 Å². The summed E-state index contributed by atoms with van der Waals surface area (Å²) in [5.41, 5.74) is 6.27. The summed E-state index contributed by atoms with van der Waals surface area (Å²) in [5, 5.41) is 0. The molecule has 1 spiro atoms. The topological polar surface area (TPSA) is 85.0 Å². The largest absolute Gasteiger partial charge is 0.497 e. The monoisotopic (exact) mass is 295 g/mol. The number of anilines is 1. The number of guanidine groups is 1. The van der Waals surface area contributed by atoms with Crippen LogP contribution >= 0.6 is 0 Å². The molecule has 1 atom stereocenters. The first-order chi connectivity index (χ1) is 9.46. The number of methoxy groups -OCH3 is 1. The minimum atomic E-state index is -3.02. The van der Waals surface area contributed by atoms with Gasteiger partial charge < -0.3 is 15.4 Å². The summed E-state index contributed by atoms with van der Waals surface area (Å²) in [6.45, 7) is 0.426. The highest BCUT2D eigenvalue weighted by atomic mass is 32.2. The fourth-order valence-electron chi connectivity index (χ4n) is 2.97. The third-order valence-electron chi connectivity index (χ3n) is 3.92. The van der Waals surface area contributed by atoms with Gasteiger partial charge in [-0.2, -0.15) is 0 Å². The molecule has 1 saturated heterocycles. The highest BCUT2D eigenvalue weighted by Gasteiger charge is 2.50. The molecular formula is C13H17N3O3S. The van der Waals surface area contributed by atoms with Gasteiger partial charge in [0.1, 0.15) is 5.75 Å². The fraction of sp³-hybridized carbons (Fsp3) is 0.462. The quantitative estimate of drug-likeness (QED) is 0.853. The van der Waals surface area contributed by atoms with Crippen LogP contribution in [0.25, 0.3) is 0 Å². The summed E-state index contributed by atoms with van der Waals surface area (Å²) >= 11 is 0. The summed E-state index contributed by atoms with van der Waals surface area (Å²) in [6, 6.07) is 7.44. The number of rotatable bonds is 2. The molecule has 3 rings (SSSR count). The predicted octanol–water partition coefficient (Wildman–Crippen LogP) is 0.387. The molecule has 2 N–H and O–H groups in total. The lowest BCUT2D eigenvalue weighted by Crippen LogP contribution is -2.53. The molecule has 0 aromatic heterocycles. The molecule has 0 aliphatic carbocycles. The number of ether oxygens (including phenoxy) is 1. The summed E-state index contributed by atoms with van der Waals surface area (Å²) in [5.74, 6) is 1.37. The zero-order valence-electron chi connectivity index (χ0n) is 11.2. The van der Waals surface area contributed by atoms with Crippen molar-refractivity contribution in [1.29, 1.82) is 0 Å². The molecule has 1 aromatic carbocycles. The Kier molecular flexibility index (Phi) is 2.89. The van der Waals surface area contributed by atoms with Crippen LogP contribution in [-0.2, 0) is 9.84 Å². The predicted molar refractivity (Wildman–Crippen MR) is 78.0 cm³/mol.